The normalized spacial score (nSPS) is 28.6. The van der Waals surface area contributed by atoms with Crippen LogP contribution in [-0.2, 0) is 9.53 Å². The first-order valence-electron chi connectivity index (χ1n) is 10.0. The Morgan fingerprint density at radius 1 is 1.22 bits per heavy atom. The van der Waals surface area contributed by atoms with Crippen molar-refractivity contribution >= 4 is 33.1 Å². The minimum atomic E-state index is 0.182. The van der Waals surface area contributed by atoms with Gasteiger partial charge in [0.1, 0.15) is 0 Å². The first kappa shape index (κ1) is 17.4. The van der Waals surface area contributed by atoms with Gasteiger partial charge in [-0.1, -0.05) is 0 Å². The van der Waals surface area contributed by atoms with Crippen LogP contribution in [0, 0.1) is 24.7 Å². The van der Waals surface area contributed by atoms with Crippen molar-refractivity contribution in [3.05, 3.63) is 17.1 Å². The van der Waals surface area contributed by atoms with Crippen molar-refractivity contribution in [1.29, 1.82) is 0 Å². The van der Waals surface area contributed by atoms with E-state index in [0.29, 0.717) is 23.8 Å². The maximum Gasteiger partial charge on any atom is 0.225 e. The molecule has 3 atom stereocenters. The lowest BCUT2D eigenvalue weighted by Crippen LogP contribution is -2.38. The molecule has 0 bridgehead atoms. The molecule has 4 heterocycles. The number of thiophene rings is 1. The summed E-state index contributed by atoms with van der Waals surface area (Å²) in [4.78, 5) is 14.9. The number of aryl methyl sites for hydroxylation is 1. The lowest BCUT2D eigenvalue weighted by molar-refractivity contribution is -0.137. The quantitative estimate of drug-likeness (QED) is 0.878. The molecular formula is C20H26N4O2S. The molecular weight excluding hydrogens is 360 g/mol. The van der Waals surface area contributed by atoms with E-state index in [1.807, 2.05) is 6.92 Å². The summed E-state index contributed by atoms with van der Waals surface area (Å²) in [5, 5.41) is 15.7. The van der Waals surface area contributed by atoms with E-state index < -0.39 is 0 Å². The summed E-state index contributed by atoms with van der Waals surface area (Å²) in [6.07, 6.45) is 4.00. The number of amides is 1. The highest BCUT2D eigenvalue weighted by molar-refractivity contribution is 7.17. The Hall–Kier alpha value is -1.73. The van der Waals surface area contributed by atoms with Gasteiger partial charge in [-0.15, -0.1) is 16.4 Å². The third-order valence-electron chi connectivity index (χ3n) is 6.52. The molecule has 1 N–H and O–H groups in total. The van der Waals surface area contributed by atoms with E-state index in [9.17, 15) is 4.79 Å². The van der Waals surface area contributed by atoms with Crippen LogP contribution in [0.1, 0.15) is 31.4 Å². The van der Waals surface area contributed by atoms with Crippen LogP contribution in [0.2, 0.25) is 0 Å². The summed E-state index contributed by atoms with van der Waals surface area (Å²) in [5.41, 5.74) is 0.996. The van der Waals surface area contributed by atoms with Crippen LogP contribution in [0.4, 0.5) is 5.82 Å². The highest BCUT2D eigenvalue weighted by Crippen LogP contribution is 2.40. The molecule has 1 aliphatic carbocycles. The van der Waals surface area contributed by atoms with E-state index in [0.717, 1.165) is 63.5 Å². The molecule has 2 aromatic heterocycles. The first-order chi connectivity index (χ1) is 13.2. The molecule has 0 aromatic carbocycles. The van der Waals surface area contributed by atoms with Crippen molar-refractivity contribution in [1.82, 2.24) is 15.1 Å². The number of aromatic nitrogens is 2. The van der Waals surface area contributed by atoms with Crippen LogP contribution in [-0.4, -0.2) is 53.3 Å². The van der Waals surface area contributed by atoms with Gasteiger partial charge in [-0.05, 0) is 55.9 Å². The van der Waals surface area contributed by atoms with Crippen LogP contribution in [0.5, 0.6) is 0 Å². The number of likely N-dealkylation sites (tertiary alicyclic amines) is 1. The second-order valence-electron chi connectivity index (χ2n) is 8.26. The number of nitrogens with zero attached hydrogens (tertiary/aromatic N) is 3. The lowest BCUT2D eigenvalue weighted by atomic mass is 9.98. The summed E-state index contributed by atoms with van der Waals surface area (Å²) in [5.74, 6) is 2.69. The fourth-order valence-electron chi connectivity index (χ4n) is 5.10. The second-order valence-corrected chi connectivity index (χ2v) is 9.18. The zero-order valence-corrected chi connectivity index (χ0v) is 16.5. The number of anilines is 1. The summed E-state index contributed by atoms with van der Waals surface area (Å²) in [6, 6.07) is 2.56. The Morgan fingerprint density at radius 2 is 1.96 bits per heavy atom. The molecule has 0 radical (unpaired) electrons. The Morgan fingerprint density at radius 3 is 2.70 bits per heavy atom. The van der Waals surface area contributed by atoms with Gasteiger partial charge in [0.05, 0.1) is 10.4 Å². The molecule has 2 aliphatic heterocycles. The minimum Gasteiger partial charge on any atom is -0.381 e. The largest absolute Gasteiger partial charge is 0.381 e. The number of rotatable bonds is 3. The molecule has 144 valence electrons. The van der Waals surface area contributed by atoms with E-state index in [1.165, 1.54) is 10.1 Å². The van der Waals surface area contributed by atoms with Gasteiger partial charge in [-0.2, -0.15) is 5.10 Å². The Kier molecular flexibility index (Phi) is 4.52. The topological polar surface area (TPSA) is 67.4 Å². The molecule has 3 fully saturated rings. The van der Waals surface area contributed by atoms with Gasteiger partial charge in [0.15, 0.2) is 5.82 Å². The third kappa shape index (κ3) is 3.21. The van der Waals surface area contributed by atoms with E-state index in [-0.39, 0.29) is 5.92 Å². The molecule has 2 saturated heterocycles. The van der Waals surface area contributed by atoms with Gasteiger partial charge in [0, 0.05) is 43.6 Å². The SMILES string of the molecule is Cc1nnc(NC2CC3CN(C(=O)C4CCOCC4)C[C@H]3C2)c2ccsc12. The van der Waals surface area contributed by atoms with Gasteiger partial charge in [-0.3, -0.25) is 4.79 Å². The monoisotopic (exact) mass is 386 g/mol. The van der Waals surface area contributed by atoms with Gasteiger partial charge in [0.25, 0.3) is 0 Å². The average molecular weight is 387 g/mol. The van der Waals surface area contributed by atoms with Crippen molar-refractivity contribution in [3.63, 3.8) is 0 Å². The molecule has 3 aliphatic rings. The zero-order valence-electron chi connectivity index (χ0n) is 15.7. The van der Waals surface area contributed by atoms with Crippen LogP contribution >= 0.6 is 11.3 Å². The smallest absolute Gasteiger partial charge is 0.225 e. The van der Waals surface area contributed by atoms with Gasteiger partial charge < -0.3 is 15.0 Å². The van der Waals surface area contributed by atoms with Crippen molar-refractivity contribution in [2.24, 2.45) is 17.8 Å². The van der Waals surface area contributed by atoms with Crippen molar-refractivity contribution in [2.75, 3.05) is 31.6 Å². The number of nitrogens with one attached hydrogen (secondary N) is 1. The van der Waals surface area contributed by atoms with E-state index in [1.54, 1.807) is 11.3 Å². The fraction of sp³-hybridized carbons (Fsp3) is 0.650. The summed E-state index contributed by atoms with van der Waals surface area (Å²) >= 11 is 1.72. The number of carbonyl (C=O) groups is 1. The number of ether oxygens (including phenoxy) is 1. The van der Waals surface area contributed by atoms with Gasteiger partial charge in [0.2, 0.25) is 5.91 Å². The van der Waals surface area contributed by atoms with Crippen LogP contribution in [0.25, 0.3) is 10.1 Å². The average Bonchev–Trinajstić information content (AvgIpc) is 3.39. The predicted octanol–water partition coefficient (Wildman–Crippen LogP) is 3.08. The number of hydrogen-bond donors (Lipinski definition) is 1. The molecule has 2 unspecified atom stereocenters. The van der Waals surface area contributed by atoms with Gasteiger partial charge in [-0.25, -0.2) is 0 Å². The summed E-state index contributed by atoms with van der Waals surface area (Å²) in [6.45, 7) is 5.33. The number of carbonyl (C=O) groups excluding carboxylic acids is 1. The lowest BCUT2D eigenvalue weighted by Gasteiger charge is -2.27. The highest BCUT2D eigenvalue weighted by atomic mass is 32.1. The minimum absolute atomic E-state index is 0.182. The van der Waals surface area contributed by atoms with Crippen LogP contribution in [0.15, 0.2) is 11.4 Å². The molecule has 1 saturated carbocycles. The molecule has 27 heavy (non-hydrogen) atoms. The maximum absolute atomic E-state index is 12.8. The zero-order chi connectivity index (χ0) is 18.4. The second kappa shape index (κ2) is 7.02. The van der Waals surface area contributed by atoms with Crippen molar-refractivity contribution in [2.45, 2.75) is 38.6 Å². The summed E-state index contributed by atoms with van der Waals surface area (Å²) < 4.78 is 6.62. The third-order valence-corrected chi connectivity index (χ3v) is 7.55. The van der Waals surface area contributed by atoms with Crippen molar-refractivity contribution in [3.8, 4) is 0 Å². The van der Waals surface area contributed by atoms with E-state index in [2.05, 4.69) is 31.9 Å². The first-order valence-corrected chi connectivity index (χ1v) is 10.9. The molecule has 1 amide bonds. The van der Waals surface area contributed by atoms with Crippen LogP contribution < -0.4 is 5.32 Å². The fourth-order valence-corrected chi connectivity index (χ4v) is 5.94. The van der Waals surface area contributed by atoms with E-state index >= 15 is 0 Å². The molecule has 0 spiro atoms. The number of hydrogen-bond acceptors (Lipinski definition) is 6. The highest BCUT2D eigenvalue weighted by Gasteiger charge is 2.43. The maximum atomic E-state index is 12.8. The molecule has 6 nitrogen and oxygen atoms in total. The Bertz CT molecular complexity index is 834. The number of fused-ring (bicyclic) bond motifs is 2. The van der Waals surface area contributed by atoms with Gasteiger partial charge >= 0.3 is 0 Å². The molecule has 5 rings (SSSR count). The standard InChI is InChI=1S/C20H26N4O2S/c1-12-18-17(4-7-27-18)19(23-22-12)21-16-8-14-10-24(11-15(14)9-16)20(25)13-2-5-26-6-3-13/h4,7,13-16H,2-3,5-6,8-11H2,1H3,(H,21,23)/t14-,15?,16?/m1/s1. The Labute approximate surface area is 163 Å². The molecule has 7 heteroatoms. The van der Waals surface area contributed by atoms with Crippen LogP contribution in [0.3, 0.4) is 0 Å². The van der Waals surface area contributed by atoms with E-state index in [4.69, 9.17) is 4.74 Å². The van der Waals surface area contributed by atoms with Crippen molar-refractivity contribution < 1.29 is 9.53 Å². The Balaban J connectivity index is 1.21. The summed E-state index contributed by atoms with van der Waals surface area (Å²) in [7, 11) is 0. The predicted molar refractivity (Wildman–Crippen MR) is 106 cm³/mol. The molecule has 2 aromatic rings.